The van der Waals surface area contributed by atoms with Crippen LogP contribution in [0.2, 0.25) is 0 Å². The lowest BCUT2D eigenvalue weighted by molar-refractivity contribution is -0.131. The number of amides is 1. The molecule has 1 heterocycles. The van der Waals surface area contributed by atoms with E-state index in [-0.39, 0.29) is 11.8 Å². The van der Waals surface area contributed by atoms with Crippen LogP contribution in [-0.4, -0.2) is 41.9 Å². The van der Waals surface area contributed by atoms with E-state index in [4.69, 9.17) is 0 Å². The van der Waals surface area contributed by atoms with Gasteiger partial charge in [-0.1, -0.05) is 32.4 Å². The summed E-state index contributed by atoms with van der Waals surface area (Å²) < 4.78 is 0. The maximum Gasteiger partial charge on any atom is 0.233 e. The number of nitrogens with zero attached hydrogens (tertiary/aromatic N) is 2. The van der Waals surface area contributed by atoms with E-state index in [1.54, 1.807) is 0 Å². The molecule has 102 valence electrons. The fraction of sp³-hybridized carbons (Fsp3) is 0.667. The highest BCUT2D eigenvalue weighted by molar-refractivity contribution is 5.82. The number of allylic oxidation sites excluding steroid dienone is 3. The van der Waals surface area contributed by atoms with Gasteiger partial charge < -0.3 is 9.80 Å². The summed E-state index contributed by atoms with van der Waals surface area (Å²) in [7, 11) is 0. The third-order valence-electron chi connectivity index (χ3n) is 3.57. The first kappa shape index (κ1) is 15.0. The van der Waals surface area contributed by atoms with Crippen LogP contribution < -0.4 is 0 Å². The van der Waals surface area contributed by atoms with E-state index >= 15 is 0 Å². The Morgan fingerprint density at radius 1 is 1.28 bits per heavy atom. The third kappa shape index (κ3) is 3.70. The normalized spacial score (nSPS) is 20.9. The number of likely N-dealkylation sites (N-methyl/N-ethyl adjacent to an activating group) is 1. The Balaban J connectivity index is 2.74. The SMILES string of the molecule is CCN(CC)CCN1C(=O)[C@@H](C)C=C(C)C=C1C. The molecule has 18 heavy (non-hydrogen) atoms. The van der Waals surface area contributed by atoms with Gasteiger partial charge in [-0.3, -0.25) is 4.79 Å². The number of hydrogen-bond donors (Lipinski definition) is 0. The molecule has 0 aliphatic carbocycles. The lowest BCUT2D eigenvalue weighted by Gasteiger charge is -2.27. The van der Waals surface area contributed by atoms with Crippen molar-refractivity contribution in [2.45, 2.75) is 34.6 Å². The monoisotopic (exact) mass is 250 g/mol. The van der Waals surface area contributed by atoms with Crippen LogP contribution in [0.1, 0.15) is 34.6 Å². The number of hydrogen-bond acceptors (Lipinski definition) is 2. The molecule has 0 bridgehead atoms. The predicted octanol–water partition coefficient (Wildman–Crippen LogP) is 2.66. The van der Waals surface area contributed by atoms with Crippen molar-refractivity contribution < 1.29 is 4.79 Å². The van der Waals surface area contributed by atoms with E-state index in [0.717, 1.165) is 31.9 Å². The van der Waals surface area contributed by atoms with Crippen LogP contribution in [-0.2, 0) is 4.79 Å². The van der Waals surface area contributed by atoms with Gasteiger partial charge in [0, 0.05) is 18.8 Å². The summed E-state index contributed by atoms with van der Waals surface area (Å²) in [6.45, 7) is 14.2. The van der Waals surface area contributed by atoms with Crippen molar-refractivity contribution in [1.29, 1.82) is 0 Å². The molecule has 1 aliphatic rings. The molecule has 0 unspecified atom stereocenters. The molecule has 0 spiro atoms. The molecular formula is C15H26N2O. The third-order valence-corrected chi connectivity index (χ3v) is 3.57. The van der Waals surface area contributed by atoms with Crippen LogP contribution in [0.5, 0.6) is 0 Å². The number of rotatable bonds is 5. The number of carbonyl (C=O) groups excluding carboxylic acids is 1. The van der Waals surface area contributed by atoms with Crippen molar-refractivity contribution in [1.82, 2.24) is 9.80 Å². The fourth-order valence-electron chi connectivity index (χ4n) is 2.41. The molecule has 1 rings (SSSR count). The summed E-state index contributed by atoms with van der Waals surface area (Å²) in [5.74, 6) is 0.197. The maximum absolute atomic E-state index is 12.3. The van der Waals surface area contributed by atoms with Gasteiger partial charge in [-0.2, -0.15) is 0 Å². The van der Waals surface area contributed by atoms with Crippen LogP contribution >= 0.6 is 0 Å². The zero-order valence-corrected chi connectivity index (χ0v) is 12.4. The Hall–Kier alpha value is -1.09. The highest BCUT2D eigenvalue weighted by Gasteiger charge is 2.22. The minimum Gasteiger partial charge on any atom is -0.315 e. The molecule has 1 amide bonds. The summed E-state index contributed by atoms with van der Waals surface area (Å²) >= 11 is 0. The first-order valence-corrected chi connectivity index (χ1v) is 6.90. The quantitative estimate of drug-likeness (QED) is 0.749. The second-order valence-electron chi connectivity index (χ2n) is 5.00. The van der Waals surface area contributed by atoms with Crippen molar-refractivity contribution in [3.63, 3.8) is 0 Å². The molecular weight excluding hydrogens is 224 g/mol. The standard InChI is InChI=1S/C15H26N2O/c1-6-16(7-2)8-9-17-14(5)11-12(3)10-13(4)15(17)18/h10-11,13H,6-9H2,1-5H3/t13-/m0/s1. The van der Waals surface area contributed by atoms with Gasteiger partial charge in [0.2, 0.25) is 5.91 Å². The minimum absolute atomic E-state index is 0.0181. The van der Waals surface area contributed by atoms with E-state index in [9.17, 15) is 4.79 Å². The van der Waals surface area contributed by atoms with Gasteiger partial charge >= 0.3 is 0 Å². The van der Waals surface area contributed by atoms with Crippen LogP contribution in [0.4, 0.5) is 0 Å². The van der Waals surface area contributed by atoms with Gasteiger partial charge in [-0.15, -0.1) is 0 Å². The van der Waals surface area contributed by atoms with Crippen LogP contribution in [0.3, 0.4) is 0 Å². The molecule has 0 aromatic carbocycles. The van der Waals surface area contributed by atoms with E-state index in [1.807, 2.05) is 24.8 Å². The molecule has 3 heteroatoms. The molecule has 0 saturated heterocycles. The van der Waals surface area contributed by atoms with Gasteiger partial charge in [0.1, 0.15) is 0 Å². The van der Waals surface area contributed by atoms with Gasteiger partial charge in [0.15, 0.2) is 0 Å². The Labute approximate surface area is 111 Å². The zero-order valence-electron chi connectivity index (χ0n) is 12.4. The summed E-state index contributed by atoms with van der Waals surface area (Å²) in [5, 5.41) is 0. The molecule has 0 N–H and O–H groups in total. The summed E-state index contributed by atoms with van der Waals surface area (Å²) in [6.07, 6.45) is 4.15. The summed E-state index contributed by atoms with van der Waals surface area (Å²) in [5.41, 5.74) is 2.24. The molecule has 1 aliphatic heterocycles. The number of carbonyl (C=O) groups is 1. The second kappa shape index (κ2) is 6.74. The van der Waals surface area contributed by atoms with Gasteiger partial charge in [-0.05, 0) is 33.0 Å². The first-order valence-electron chi connectivity index (χ1n) is 6.90. The smallest absolute Gasteiger partial charge is 0.233 e. The highest BCUT2D eigenvalue weighted by atomic mass is 16.2. The first-order chi connectivity index (χ1) is 8.49. The molecule has 0 fully saturated rings. The Morgan fingerprint density at radius 2 is 1.89 bits per heavy atom. The highest BCUT2D eigenvalue weighted by Crippen LogP contribution is 2.19. The Bertz CT molecular complexity index is 354. The molecule has 0 radical (unpaired) electrons. The molecule has 0 aromatic heterocycles. The van der Waals surface area contributed by atoms with E-state index < -0.39 is 0 Å². The predicted molar refractivity (Wildman–Crippen MR) is 76.2 cm³/mol. The molecule has 3 nitrogen and oxygen atoms in total. The minimum atomic E-state index is -0.0181. The van der Waals surface area contributed by atoms with E-state index in [1.165, 1.54) is 5.57 Å². The van der Waals surface area contributed by atoms with E-state index in [2.05, 4.69) is 31.7 Å². The van der Waals surface area contributed by atoms with Crippen molar-refractivity contribution in [2.24, 2.45) is 5.92 Å². The zero-order chi connectivity index (χ0) is 13.7. The van der Waals surface area contributed by atoms with Crippen molar-refractivity contribution in [3.05, 3.63) is 23.4 Å². The van der Waals surface area contributed by atoms with Gasteiger partial charge in [0.25, 0.3) is 0 Å². The Morgan fingerprint density at radius 3 is 2.44 bits per heavy atom. The van der Waals surface area contributed by atoms with E-state index in [0.29, 0.717) is 0 Å². The Kier molecular flexibility index (Phi) is 5.60. The average molecular weight is 250 g/mol. The van der Waals surface area contributed by atoms with Crippen molar-refractivity contribution in [2.75, 3.05) is 26.2 Å². The average Bonchev–Trinajstić information content (AvgIpc) is 2.41. The largest absolute Gasteiger partial charge is 0.315 e. The van der Waals surface area contributed by atoms with Crippen LogP contribution in [0.25, 0.3) is 0 Å². The van der Waals surface area contributed by atoms with Gasteiger partial charge in [0.05, 0.1) is 5.92 Å². The van der Waals surface area contributed by atoms with Gasteiger partial charge in [-0.25, -0.2) is 0 Å². The fourth-order valence-corrected chi connectivity index (χ4v) is 2.41. The summed E-state index contributed by atoms with van der Waals surface area (Å²) in [4.78, 5) is 16.6. The molecule has 0 saturated carbocycles. The van der Waals surface area contributed by atoms with Crippen LogP contribution in [0.15, 0.2) is 23.4 Å². The van der Waals surface area contributed by atoms with Crippen LogP contribution in [0, 0.1) is 5.92 Å². The lowest BCUT2D eigenvalue weighted by atomic mass is 10.1. The molecule has 1 atom stereocenters. The lowest BCUT2D eigenvalue weighted by Crippen LogP contribution is -2.39. The maximum atomic E-state index is 12.3. The topological polar surface area (TPSA) is 23.6 Å². The second-order valence-corrected chi connectivity index (χ2v) is 5.00. The van der Waals surface area contributed by atoms with Crippen molar-refractivity contribution in [3.8, 4) is 0 Å². The van der Waals surface area contributed by atoms with Crippen molar-refractivity contribution >= 4 is 5.91 Å². The molecule has 0 aromatic rings. The summed E-state index contributed by atoms with van der Waals surface area (Å²) in [6, 6.07) is 0.